The van der Waals surface area contributed by atoms with E-state index in [2.05, 4.69) is 29.2 Å². The number of piperidine rings is 1. The van der Waals surface area contributed by atoms with Gasteiger partial charge in [0.05, 0.1) is 0 Å². The number of fused-ring (bicyclic) bond motifs is 1. The lowest BCUT2D eigenvalue weighted by Gasteiger charge is -2.34. The number of amides is 1. The van der Waals surface area contributed by atoms with Crippen molar-refractivity contribution in [1.29, 1.82) is 0 Å². The second-order valence-corrected chi connectivity index (χ2v) is 5.29. The third-order valence-electron chi connectivity index (χ3n) is 4.18. The normalized spacial score (nSPS) is 28.2. The van der Waals surface area contributed by atoms with Crippen LogP contribution in [0.25, 0.3) is 0 Å². The highest BCUT2D eigenvalue weighted by Gasteiger charge is 2.37. The smallest absolute Gasteiger partial charge is 0.226 e. The first-order valence-corrected chi connectivity index (χ1v) is 6.69. The van der Waals surface area contributed by atoms with Crippen molar-refractivity contribution in [3.05, 3.63) is 35.9 Å². The number of nitrogens with zero attached hydrogens (tertiary/aromatic N) is 1. The summed E-state index contributed by atoms with van der Waals surface area (Å²) >= 11 is 0. The Bertz CT molecular complexity index is 401. The fourth-order valence-electron chi connectivity index (χ4n) is 3.27. The summed E-state index contributed by atoms with van der Waals surface area (Å²) in [5.74, 6) is 0.634. The van der Waals surface area contributed by atoms with E-state index in [1.54, 1.807) is 0 Å². The van der Waals surface area contributed by atoms with E-state index in [4.69, 9.17) is 0 Å². The van der Waals surface area contributed by atoms with Crippen LogP contribution in [0.2, 0.25) is 0 Å². The highest BCUT2D eigenvalue weighted by molar-refractivity contribution is 5.80. The Hall–Kier alpha value is -1.31. The molecule has 1 aromatic rings. The van der Waals surface area contributed by atoms with E-state index < -0.39 is 0 Å². The summed E-state index contributed by atoms with van der Waals surface area (Å²) in [4.78, 5) is 14.5. The maximum atomic E-state index is 12.3. The fraction of sp³-hybridized carbons (Fsp3) is 0.533. The SMILES string of the molecule is O=C1C(Cc2ccccc2)CCC2CCCN12. The Kier molecular flexibility index (Phi) is 2.87. The van der Waals surface area contributed by atoms with Gasteiger partial charge in [-0.2, -0.15) is 0 Å². The molecular formula is C15H19NO. The van der Waals surface area contributed by atoms with Gasteiger partial charge in [-0.3, -0.25) is 4.79 Å². The Morgan fingerprint density at radius 1 is 1.12 bits per heavy atom. The minimum atomic E-state index is 0.228. The van der Waals surface area contributed by atoms with Crippen molar-refractivity contribution in [3.63, 3.8) is 0 Å². The Morgan fingerprint density at radius 3 is 2.76 bits per heavy atom. The molecule has 0 aliphatic carbocycles. The molecule has 0 radical (unpaired) electrons. The molecule has 2 aliphatic rings. The summed E-state index contributed by atoms with van der Waals surface area (Å²) in [6.45, 7) is 0.995. The first-order valence-electron chi connectivity index (χ1n) is 6.69. The number of rotatable bonds is 2. The number of carbonyl (C=O) groups is 1. The second kappa shape index (κ2) is 4.52. The lowest BCUT2D eigenvalue weighted by Crippen LogP contribution is -2.44. The largest absolute Gasteiger partial charge is 0.339 e. The quantitative estimate of drug-likeness (QED) is 0.763. The summed E-state index contributed by atoms with van der Waals surface area (Å²) < 4.78 is 0. The predicted molar refractivity (Wildman–Crippen MR) is 67.6 cm³/mol. The predicted octanol–water partition coefficient (Wildman–Crippen LogP) is 2.63. The minimum absolute atomic E-state index is 0.228. The van der Waals surface area contributed by atoms with Crippen LogP contribution in [0.1, 0.15) is 31.2 Å². The van der Waals surface area contributed by atoms with Crippen LogP contribution >= 0.6 is 0 Å². The summed E-state index contributed by atoms with van der Waals surface area (Å²) in [6.07, 6.45) is 5.64. The molecule has 2 heteroatoms. The monoisotopic (exact) mass is 229 g/mol. The van der Waals surface area contributed by atoms with Crippen molar-refractivity contribution in [1.82, 2.24) is 4.90 Å². The maximum Gasteiger partial charge on any atom is 0.226 e. The summed E-state index contributed by atoms with van der Waals surface area (Å²) in [5.41, 5.74) is 1.29. The topological polar surface area (TPSA) is 20.3 Å². The first-order chi connectivity index (χ1) is 8.34. The first kappa shape index (κ1) is 10.8. The summed E-state index contributed by atoms with van der Waals surface area (Å²) in [5, 5.41) is 0. The molecule has 2 saturated heterocycles. The molecule has 1 amide bonds. The average molecular weight is 229 g/mol. The molecule has 0 spiro atoms. The summed E-state index contributed by atoms with van der Waals surface area (Å²) in [6, 6.07) is 11.0. The minimum Gasteiger partial charge on any atom is -0.339 e. The molecule has 0 aromatic heterocycles. The third-order valence-corrected chi connectivity index (χ3v) is 4.18. The van der Waals surface area contributed by atoms with Gasteiger partial charge < -0.3 is 4.90 Å². The van der Waals surface area contributed by atoms with Crippen LogP contribution in [0.5, 0.6) is 0 Å². The van der Waals surface area contributed by atoms with E-state index in [1.807, 2.05) is 6.07 Å². The van der Waals surface area contributed by atoms with E-state index in [-0.39, 0.29) is 5.92 Å². The van der Waals surface area contributed by atoms with Gasteiger partial charge in [0.25, 0.3) is 0 Å². The van der Waals surface area contributed by atoms with E-state index in [0.717, 1.165) is 19.4 Å². The van der Waals surface area contributed by atoms with Crippen LogP contribution < -0.4 is 0 Å². The number of hydrogen-bond donors (Lipinski definition) is 0. The Labute approximate surface area is 103 Å². The molecule has 0 bridgehead atoms. The van der Waals surface area contributed by atoms with Gasteiger partial charge in [0.2, 0.25) is 5.91 Å². The van der Waals surface area contributed by atoms with E-state index in [1.165, 1.54) is 24.8 Å². The van der Waals surface area contributed by atoms with Crippen LogP contribution in [-0.2, 0) is 11.2 Å². The zero-order chi connectivity index (χ0) is 11.7. The van der Waals surface area contributed by atoms with Gasteiger partial charge in [-0.05, 0) is 37.7 Å². The third kappa shape index (κ3) is 2.08. The van der Waals surface area contributed by atoms with Gasteiger partial charge in [0.1, 0.15) is 0 Å². The van der Waals surface area contributed by atoms with Gasteiger partial charge in [0.15, 0.2) is 0 Å². The van der Waals surface area contributed by atoms with Crippen LogP contribution in [0, 0.1) is 5.92 Å². The molecule has 2 unspecified atom stereocenters. The molecule has 3 rings (SSSR count). The number of hydrogen-bond acceptors (Lipinski definition) is 1. The zero-order valence-electron chi connectivity index (χ0n) is 10.1. The highest BCUT2D eigenvalue weighted by atomic mass is 16.2. The van der Waals surface area contributed by atoms with Crippen molar-refractivity contribution in [2.24, 2.45) is 5.92 Å². The van der Waals surface area contributed by atoms with Crippen LogP contribution in [0.15, 0.2) is 30.3 Å². The standard InChI is InChI=1S/C15H19NO/c17-15-13(11-12-5-2-1-3-6-12)8-9-14-7-4-10-16(14)15/h1-3,5-6,13-14H,4,7-11H2. The molecule has 2 heterocycles. The number of carbonyl (C=O) groups excluding carboxylic acids is 1. The second-order valence-electron chi connectivity index (χ2n) is 5.29. The van der Waals surface area contributed by atoms with E-state index >= 15 is 0 Å². The lowest BCUT2D eigenvalue weighted by atomic mass is 9.88. The molecule has 2 atom stereocenters. The van der Waals surface area contributed by atoms with Gasteiger partial charge in [-0.25, -0.2) is 0 Å². The molecule has 2 aliphatic heterocycles. The molecule has 17 heavy (non-hydrogen) atoms. The van der Waals surface area contributed by atoms with Crippen molar-refractivity contribution >= 4 is 5.91 Å². The molecular weight excluding hydrogens is 210 g/mol. The molecule has 90 valence electrons. The molecule has 2 fully saturated rings. The molecule has 0 saturated carbocycles. The van der Waals surface area contributed by atoms with Gasteiger partial charge in [-0.15, -0.1) is 0 Å². The van der Waals surface area contributed by atoms with Crippen LogP contribution in [0.3, 0.4) is 0 Å². The zero-order valence-corrected chi connectivity index (χ0v) is 10.1. The maximum absolute atomic E-state index is 12.3. The van der Waals surface area contributed by atoms with Gasteiger partial charge in [-0.1, -0.05) is 30.3 Å². The van der Waals surface area contributed by atoms with Gasteiger partial charge >= 0.3 is 0 Å². The average Bonchev–Trinajstić information content (AvgIpc) is 2.83. The summed E-state index contributed by atoms with van der Waals surface area (Å²) in [7, 11) is 0. The van der Waals surface area contributed by atoms with Crippen molar-refractivity contribution in [2.45, 2.75) is 38.1 Å². The fourth-order valence-corrected chi connectivity index (χ4v) is 3.27. The van der Waals surface area contributed by atoms with Crippen LogP contribution in [-0.4, -0.2) is 23.4 Å². The lowest BCUT2D eigenvalue weighted by molar-refractivity contribution is -0.139. The Morgan fingerprint density at radius 2 is 1.94 bits per heavy atom. The molecule has 1 aromatic carbocycles. The van der Waals surface area contributed by atoms with Crippen LogP contribution in [0.4, 0.5) is 0 Å². The van der Waals surface area contributed by atoms with E-state index in [9.17, 15) is 4.79 Å². The van der Waals surface area contributed by atoms with Crippen molar-refractivity contribution < 1.29 is 4.79 Å². The van der Waals surface area contributed by atoms with Gasteiger partial charge in [0, 0.05) is 18.5 Å². The van der Waals surface area contributed by atoms with Crippen molar-refractivity contribution in [3.8, 4) is 0 Å². The van der Waals surface area contributed by atoms with E-state index in [0.29, 0.717) is 11.9 Å². The number of benzene rings is 1. The molecule has 0 N–H and O–H groups in total. The molecule has 2 nitrogen and oxygen atoms in total. The Balaban J connectivity index is 1.70. The highest BCUT2D eigenvalue weighted by Crippen LogP contribution is 2.32. The van der Waals surface area contributed by atoms with Crippen molar-refractivity contribution in [2.75, 3.05) is 6.54 Å².